The van der Waals surface area contributed by atoms with Crippen LogP contribution in [-0.2, 0) is 6.42 Å². The highest BCUT2D eigenvalue weighted by atomic mass is 32.2. The molecule has 0 aliphatic carbocycles. The highest BCUT2D eigenvalue weighted by molar-refractivity contribution is 7.98. The molecule has 1 amide bonds. The van der Waals surface area contributed by atoms with Gasteiger partial charge in [0, 0.05) is 16.0 Å². The van der Waals surface area contributed by atoms with Crippen LogP contribution in [0.1, 0.15) is 28.4 Å². The number of hydrogen-bond donors (Lipinski definition) is 2. The van der Waals surface area contributed by atoms with Gasteiger partial charge >= 0.3 is 0 Å². The van der Waals surface area contributed by atoms with E-state index in [0.29, 0.717) is 11.4 Å². The van der Waals surface area contributed by atoms with Crippen LogP contribution in [0.4, 0.5) is 5.82 Å². The summed E-state index contributed by atoms with van der Waals surface area (Å²) in [6.45, 7) is 3.97. The summed E-state index contributed by atoms with van der Waals surface area (Å²) >= 11 is 1.62. The van der Waals surface area contributed by atoms with Gasteiger partial charge in [-0.25, -0.2) is 0 Å². The van der Waals surface area contributed by atoms with E-state index < -0.39 is 0 Å². The summed E-state index contributed by atoms with van der Waals surface area (Å²) < 4.78 is 0. The van der Waals surface area contributed by atoms with E-state index in [0.717, 1.165) is 22.4 Å². The second-order valence-electron chi connectivity index (χ2n) is 4.26. The van der Waals surface area contributed by atoms with Crippen molar-refractivity contribution in [3.8, 4) is 0 Å². The number of carbonyl (C=O) groups is 1. The van der Waals surface area contributed by atoms with Crippen molar-refractivity contribution < 1.29 is 4.79 Å². The topological polar surface area (TPSA) is 57.8 Å². The first-order valence-corrected chi connectivity index (χ1v) is 7.36. The molecule has 4 nitrogen and oxygen atoms in total. The maximum Gasteiger partial charge on any atom is 0.257 e. The van der Waals surface area contributed by atoms with Crippen molar-refractivity contribution in [3.05, 3.63) is 41.1 Å². The van der Waals surface area contributed by atoms with E-state index in [9.17, 15) is 4.79 Å². The fourth-order valence-corrected chi connectivity index (χ4v) is 2.28. The number of amides is 1. The predicted molar refractivity (Wildman–Crippen MR) is 78.9 cm³/mol. The molecule has 0 saturated heterocycles. The molecule has 0 unspecified atom stereocenters. The molecule has 5 heteroatoms. The molecule has 0 radical (unpaired) electrons. The summed E-state index contributed by atoms with van der Waals surface area (Å²) in [5, 5.41) is 9.65. The summed E-state index contributed by atoms with van der Waals surface area (Å²) in [6.07, 6.45) is 4.56. The summed E-state index contributed by atoms with van der Waals surface area (Å²) in [5.41, 5.74) is 2.67. The second kappa shape index (κ2) is 5.93. The monoisotopic (exact) mass is 275 g/mol. The Kier molecular flexibility index (Phi) is 4.27. The van der Waals surface area contributed by atoms with Crippen LogP contribution >= 0.6 is 11.8 Å². The van der Waals surface area contributed by atoms with Gasteiger partial charge in [-0.3, -0.25) is 9.89 Å². The average Bonchev–Trinajstić information content (AvgIpc) is 2.86. The molecule has 0 aliphatic heterocycles. The number of thioether (sulfide) groups is 1. The lowest BCUT2D eigenvalue weighted by molar-refractivity contribution is 0.102. The number of benzene rings is 1. The fraction of sp³-hybridized carbons (Fsp3) is 0.286. The van der Waals surface area contributed by atoms with E-state index in [-0.39, 0.29) is 5.91 Å². The van der Waals surface area contributed by atoms with Crippen molar-refractivity contribution in [2.75, 3.05) is 11.6 Å². The molecule has 2 aromatic rings. The Morgan fingerprint density at radius 3 is 2.95 bits per heavy atom. The summed E-state index contributed by atoms with van der Waals surface area (Å²) in [5.74, 6) is 0.578. The van der Waals surface area contributed by atoms with Gasteiger partial charge in [0.2, 0.25) is 0 Å². The highest BCUT2D eigenvalue weighted by Crippen LogP contribution is 2.20. The Morgan fingerprint density at radius 1 is 1.47 bits per heavy atom. The average molecular weight is 275 g/mol. The van der Waals surface area contributed by atoms with Gasteiger partial charge in [-0.15, -0.1) is 11.8 Å². The number of nitrogens with zero attached hydrogens (tertiary/aromatic N) is 1. The molecule has 1 heterocycles. The van der Waals surface area contributed by atoms with E-state index in [2.05, 4.69) is 15.5 Å². The Labute approximate surface area is 117 Å². The minimum Gasteiger partial charge on any atom is -0.307 e. The number of anilines is 1. The number of rotatable bonds is 4. The van der Waals surface area contributed by atoms with Crippen LogP contribution < -0.4 is 5.32 Å². The van der Waals surface area contributed by atoms with E-state index >= 15 is 0 Å². The first-order valence-electron chi connectivity index (χ1n) is 6.14. The molecule has 1 aromatic carbocycles. The molecule has 0 bridgehead atoms. The van der Waals surface area contributed by atoms with Gasteiger partial charge in [0.25, 0.3) is 5.91 Å². The number of nitrogens with one attached hydrogen (secondary N) is 2. The number of H-pyrrole nitrogens is 1. The van der Waals surface area contributed by atoms with Crippen molar-refractivity contribution in [3.63, 3.8) is 0 Å². The van der Waals surface area contributed by atoms with Crippen molar-refractivity contribution in [2.24, 2.45) is 0 Å². The smallest absolute Gasteiger partial charge is 0.257 e. The number of carbonyl (C=O) groups excluding carboxylic acids is 1. The fourth-order valence-electron chi connectivity index (χ4n) is 1.84. The van der Waals surface area contributed by atoms with Crippen LogP contribution in [0.15, 0.2) is 29.3 Å². The molecular formula is C14H17N3OS. The molecule has 0 fully saturated rings. The largest absolute Gasteiger partial charge is 0.307 e. The molecule has 0 aliphatic rings. The molecule has 0 saturated carbocycles. The van der Waals surface area contributed by atoms with Crippen LogP contribution in [0.5, 0.6) is 0 Å². The van der Waals surface area contributed by atoms with E-state index in [1.54, 1.807) is 18.0 Å². The number of hydrogen-bond acceptors (Lipinski definition) is 3. The normalized spacial score (nSPS) is 10.5. The van der Waals surface area contributed by atoms with Crippen LogP contribution in [0.3, 0.4) is 0 Å². The van der Waals surface area contributed by atoms with Crippen LogP contribution in [0.25, 0.3) is 0 Å². The van der Waals surface area contributed by atoms with Gasteiger partial charge in [-0.1, -0.05) is 13.0 Å². The highest BCUT2D eigenvalue weighted by Gasteiger charge is 2.12. The van der Waals surface area contributed by atoms with Gasteiger partial charge < -0.3 is 5.32 Å². The Morgan fingerprint density at radius 2 is 2.26 bits per heavy atom. The zero-order chi connectivity index (χ0) is 13.8. The predicted octanol–water partition coefficient (Wildman–Crippen LogP) is 3.25. The maximum atomic E-state index is 12.3. The van der Waals surface area contributed by atoms with Crippen molar-refractivity contribution >= 4 is 23.5 Å². The second-order valence-corrected chi connectivity index (χ2v) is 5.14. The van der Waals surface area contributed by atoms with Crippen molar-refractivity contribution in [1.82, 2.24) is 10.2 Å². The summed E-state index contributed by atoms with van der Waals surface area (Å²) in [4.78, 5) is 13.4. The third-order valence-electron chi connectivity index (χ3n) is 3.03. The Hall–Kier alpha value is -1.75. The lowest BCUT2D eigenvalue weighted by Crippen LogP contribution is -2.14. The van der Waals surface area contributed by atoms with Gasteiger partial charge in [0.1, 0.15) is 5.82 Å². The first-order chi connectivity index (χ1) is 9.15. The number of aromatic nitrogens is 2. The zero-order valence-corrected chi connectivity index (χ0v) is 12.1. The SMILES string of the molecule is CCc1cn[nH]c1NC(=O)c1cc(SC)ccc1C. The molecule has 2 N–H and O–H groups in total. The molecule has 1 aromatic heterocycles. The summed E-state index contributed by atoms with van der Waals surface area (Å²) in [6, 6.07) is 5.90. The van der Waals surface area contributed by atoms with Crippen LogP contribution in [0, 0.1) is 6.92 Å². The lowest BCUT2D eigenvalue weighted by Gasteiger charge is -2.08. The molecule has 19 heavy (non-hydrogen) atoms. The number of aromatic amines is 1. The molecule has 0 spiro atoms. The Bertz CT molecular complexity index is 592. The first kappa shape index (κ1) is 13.7. The third kappa shape index (κ3) is 2.98. The number of aryl methyl sites for hydroxylation is 2. The van der Waals surface area contributed by atoms with Gasteiger partial charge in [0.05, 0.1) is 6.20 Å². The van der Waals surface area contributed by atoms with Crippen LogP contribution in [0.2, 0.25) is 0 Å². The van der Waals surface area contributed by atoms with Crippen molar-refractivity contribution in [1.29, 1.82) is 0 Å². The zero-order valence-electron chi connectivity index (χ0n) is 11.3. The summed E-state index contributed by atoms with van der Waals surface area (Å²) in [7, 11) is 0. The molecule has 100 valence electrons. The van der Waals surface area contributed by atoms with Crippen molar-refractivity contribution in [2.45, 2.75) is 25.2 Å². The van der Waals surface area contributed by atoms with E-state index in [1.807, 2.05) is 38.3 Å². The third-order valence-corrected chi connectivity index (χ3v) is 3.75. The maximum absolute atomic E-state index is 12.3. The quantitative estimate of drug-likeness (QED) is 0.842. The molecular weight excluding hydrogens is 258 g/mol. The van der Waals surface area contributed by atoms with Gasteiger partial charge in [0.15, 0.2) is 0 Å². The van der Waals surface area contributed by atoms with Gasteiger partial charge in [-0.05, 0) is 37.3 Å². The Balaban J connectivity index is 2.25. The molecule has 0 atom stereocenters. The lowest BCUT2D eigenvalue weighted by atomic mass is 10.1. The van der Waals surface area contributed by atoms with E-state index in [4.69, 9.17) is 0 Å². The molecule has 2 rings (SSSR count). The van der Waals surface area contributed by atoms with E-state index in [1.165, 1.54) is 0 Å². The standard InChI is InChI=1S/C14H17N3OS/c1-4-10-8-15-17-13(10)16-14(18)12-7-11(19-3)6-5-9(12)2/h5-8H,4H2,1-3H3,(H2,15,16,17,18). The minimum atomic E-state index is -0.104. The minimum absolute atomic E-state index is 0.104. The van der Waals surface area contributed by atoms with Crippen LogP contribution in [-0.4, -0.2) is 22.4 Å². The van der Waals surface area contributed by atoms with Gasteiger partial charge in [-0.2, -0.15) is 5.10 Å².